The Labute approximate surface area is 139 Å². The van der Waals surface area contributed by atoms with Crippen molar-refractivity contribution in [1.82, 2.24) is 16.2 Å². The number of carbonyl (C=O) groups is 3. The van der Waals surface area contributed by atoms with Crippen molar-refractivity contribution >= 4 is 29.1 Å². The van der Waals surface area contributed by atoms with Crippen LogP contribution in [0.3, 0.4) is 0 Å². The third-order valence-corrected chi connectivity index (χ3v) is 5.48. The van der Waals surface area contributed by atoms with Gasteiger partial charge in [0.25, 0.3) is 11.8 Å². The molecule has 1 aromatic heterocycles. The van der Waals surface area contributed by atoms with Gasteiger partial charge in [0, 0.05) is 10.8 Å². The number of carbonyl (C=O) groups excluding carboxylic acids is 3. The third-order valence-electron chi connectivity index (χ3n) is 4.24. The Morgan fingerprint density at radius 2 is 2.00 bits per heavy atom. The lowest BCUT2D eigenvalue weighted by molar-refractivity contribution is -0.127. The fraction of sp³-hybridized carbons (Fsp3) is 0.562. The summed E-state index contributed by atoms with van der Waals surface area (Å²) >= 11 is 1.49. The lowest BCUT2D eigenvalue weighted by atomic mass is 9.90. The molecule has 1 saturated carbocycles. The number of hydrogen-bond acceptors (Lipinski definition) is 4. The van der Waals surface area contributed by atoms with Crippen LogP contribution >= 0.6 is 11.3 Å². The van der Waals surface area contributed by atoms with Crippen molar-refractivity contribution in [2.75, 3.05) is 6.54 Å². The van der Waals surface area contributed by atoms with Gasteiger partial charge in [-0.25, -0.2) is 0 Å². The van der Waals surface area contributed by atoms with E-state index in [-0.39, 0.29) is 24.3 Å². The largest absolute Gasteiger partial charge is 0.347 e. The molecule has 0 radical (unpaired) electrons. The van der Waals surface area contributed by atoms with Gasteiger partial charge in [-0.2, -0.15) is 0 Å². The normalized spacial score (nSPS) is 19.6. The van der Waals surface area contributed by atoms with Crippen molar-refractivity contribution in [3.63, 3.8) is 0 Å². The van der Waals surface area contributed by atoms with Crippen LogP contribution < -0.4 is 16.2 Å². The van der Waals surface area contributed by atoms with E-state index in [2.05, 4.69) is 23.1 Å². The lowest BCUT2D eigenvalue weighted by Crippen LogP contribution is -2.46. The van der Waals surface area contributed by atoms with Crippen LogP contribution in [0, 0.1) is 11.8 Å². The molecule has 0 aliphatic heterocycles. The highest BCUT2D eigenvalue weighted by atomic mass is 32.1. The maximum absolute atomic E-state index is 12.1. The predicted octanol–water partition coefficient (Wildman–Crippen LogP) is 1.16. The first kappa shape index (κ1) is 16.0. The van der Waals surface area contributed by atoms with Gasteiger partial charge in [0.05, 0.1) is 11.4 Å². The molecule has 6 nitrogen and oxygen atoms in total. The van der Waals surface area contributed by atoms with E-state index in [4.69, 9.17) is 0 Å². The zero-order valence-corrected chi connectivity index (χ0v) is 13.9. The summed E-state index contributed by atoms with van der Waals surface area (Å²) in [6.07, 6.45) is 4.98. The molecule has 0 spiro atoms. The number of amides is 3. The van der Waals surface area contributed by atoms with Gasteiger partial charge in [-0.1, -0.05) is 6.92 Å². The van der Waals surface area contributed by atoms with Crippen molar-refractivity contribution in [2.45, 2.75) is 39.0 Å². The Bertz CT molecular complexity index is 637. The zero-order chi connectivity index (χ0) is 16.4. The minimum Gasteiger partial charge on any atom is -0.347 e. The van der Waals surface area contributed by atoms with Gasteiger partial charge in [-0.3, -0.25) is 25.2 Å². The molecule has 23 heavy (non-hydrogen) atoms. The number of thiophene rings is 1. The molecule has 0 bridgehead atoms. The minimum atomic E-state index is -0.428. The molecule has 124 valence electrons. The van der Waals surface area contributed by atoms with Gasteiger partial charge in [-0.15, -0.1) is 11.3 Å². The molecule has 0 saturated heterocycles. The number of rotatable bonds is 4. The molecular weight excluding hydrogens is 314 g/mol. The maximum atomic E-state index is 12.1. The van der Waals surface area contributed by atoms with E-state index < -0.39 is 5.91 Å². The fourth-order valence-corrected chi connectivity index (χ4v) is 3.81. The van der Waals surface area contributed by atoms with Gasteiger partial charge in [0.1, 0.15) is 0 Å². The van der Waals surface area contributed by atoms with Crippen molar-refractivity contribution in [2.24, 2.45) is 11.8 Å². The average Bonchev–Trinajstić information content (AvgIpc) is 3.30. The molecule has 3 N–H and O–H groups in total. The van der Waals surface area contributed by atoms with Crippen LogP contribution in [0.4, 0.5) is 0 Å². The van der Waals surface area contributed by atoms with Crippen LogP contribution in [0.15, 0.2) is 6.07 Å². The van der Waals surface area contributed by atoms with Crippen molar-refractivity contribution in [3.8, 4) is 0 Å². The standard InChI is InChI=1S/C16H21N3O3S/c1-9-2-5-12-11(6-9)7-13(23-12)16(22)19-18-14(20)8-17-15(21)10-3-4-10/h7,9-10H,2-6,8H2,1H3,(H,17,21)(H,18,20)(H,19,22). The molecule has 3 amide bonds. The minimum absolute atomic E-state index is 0.0669. The summed E-state index contributed by atoms with van der Waals surface area (Å²) in [4.78, 5) is 37.1. The summed E-state index contributed by atoms with van der Waals surface area (Å²) in [5.74, 6) is -0.104. The van der Waals surface area contributed by atoms with Crippen LogP contribution in [-0.2, 0) is 22.4 Å². The summed E-state index contributed by atoms with van der Waals surface area (Å²) in [6.45, 7) is 2.10. The molecule has 1 atom stereocenters. The van der Waals surface area contributed by atoms with Crippen LogP contribution in [-0.4, -0.2) is 24.3 Å². The van der Waals surface area contributed by atoms with Crippen molar-refractivity contribution in [3.05, 3.63) is 21.4 Å². The molecular formula is C16H21N3O3S. The van der Waals surface area contributed by atoms with Gasteiger partial charge in [0.15, 0.2) is 0 Å². The Morgan fingerprint density at radius 3 is 2.74 bits per heavy atom. The molecule has 1 fully saturated rings. The Hall–Kier alpha value is -1.89. The van der Waals surface area contributed by atoms with Crippen LogP contribution in [0.25, 0.3) is 0 Å². The van der Waals surface area contributed by atoms with Crippen molar-refractivity contribution < 1.29 is 14.4 Å². The van der Waals surface area contributed by atoms with E-state index in [1.165, 1.54) is 21.8 Å². The summed E-state index contributed by atoms with van der Waals surface area (Å²) < 4.78 is 0. The molecule has 1 unspecified atom stereocenters. The van der Waals surface area contributed by atoms with Crippen LogP contribution in [0.1, 0.15) is 46.3 Å². The average molecular weight is 335 g/mol. The maximum Gasteiger partial charge on any atom is 0.279 e. The quantitative estimate of drug-likeness (QED) is 0.722. The second-order valence-corrected chi connectivity index (χ2v) is 7.54. The SMILES string of the molecule is CC1CCc2sc(C(=O)NNC(=O)CNC(=O)C3CC3)cc2C1. The molecule has 1 aromatic rings. The van der Waals surface area contributed by atoms with E-state index >= 15 is 0 Å². The van der Waals surface area contributed by atoms with E-state index in [1.54, 1.807) is 0 Å². The molecule has 2 aliphatic carbocycles. The Balaban J connectivity index is 1.45. The van der Waals surface area contributed by atoms with Crippen LogP contribution in [0.5, 0.6) is 0 Å². The summed E-state index contributed by atoms with van der Waals surface area (Å²) in [7, 11) is 0. The molecule has 3 rings (SSSR count). The second kappa shape index (κ2) is 6.70. The monoisotopic (exact) mass is 335 g/mol. The smallest absolute Gasteiger partial charge is 0.279 e. The van der Waals surface area contributed by atoms with Gasteiger partial charge < -0.3 is 5.32 Å². The number of fused-ring (bicyclic) bond motifs is 1. The number of hydrazine groups is 1. The van der Waals surface area contributed by atoms with Gasteiger partial charge in [-0.05, 0) is 49.7 Å². The number of nitrogens with one attached hydrogen (secondary N) is 3. The third kappa shape index (κ3) is 4.10. The first-order valence-electron chi connectivity index (χ1n) is 8.01. The van der Waals surface area contributed by atoms with Gasteiger partial charge >= 0.3 is 0 Å². The van der Waals surface area contributed by atoms with E-state index in [0.717, 1.165) is 32.1 Å². The Kier molecular flexibility index (Phi) is 4.66. The summed E-state index contributed by atoms with van der Waals surface area (Å²) in [5.41, 5.74) is 6.00. The van der Waals surface area contributed by atoms with Gasteiger partial charge in [0.2, 0.25) is 5.91 Å². The summed E-state index contributed by atoms with van der Waals surface area (Å²) in [5, 5.41) is 2.55. The highest BCUT2D eigenvalue weighted by Gasteiger charge is 2.29. The molecule has 2 aliphatic rings. The van der Waals surface area contributed by atoms with Crippen molar-refractivity contribution in [1.29, 1.82) is 0 Å². The van der Waals surface area contributed by atoms with E-state index in [1.807, 2.05) is 6.07 Å². The molecule has 7 heteroatoms. The Morgan fingerprint density at radius 1 is 1.22 bits per heavy atom. The number of hydrogen-bond donors (Lipinski definition) is 3. The predicted molar refractivity (Wildman–Crippen MR) is 86.9 cm³/mol. The first-order valence-corrected chi connectivity index (χ1v) is 8.83. The number of aryl methyl sites for hydroxylation is 1. The topological polar surface area (TPSA) is 87.3 Å². The highest BCUT2D eigenvalue weighted by molar-refractivity contribution is 7.14. The first-order chi connectivity index (χ1) is 11.0. The second-order valence-electron chi connectivity index (χ2n) is 6.40. The highest BCUT2D eigenvalue weighted by Crippen LogP contribution is 2.32. The summed E-state index contributed by atoms with van der Waals surface area (Å²) in [6, 6.07) is 1.92. The molecule has 0 aromatic carbocycles. The molecule has 1 heterocycles. The van der Waals surface area contributed by atoms with E-state index in [9.17, 15) is 14.4 Å². The zero-order valence-electron chi connectivity index (χ0n) is 13.1. The lowest BCUT2D eigenvalue weighted by Gasteiger charge is -2.16. The van der Waals surface area contributed by atoms with E-state index in [0.29, 0.717) is 10.8 Å². The fourth-order valence-electron chi connectivity index (χ4n) is 2.71. The van der Waals surface area contributed by atoms with Crippen LogP contribution in [0.2, 0.25) is 0 Å².